The molecule has 0 N–H and O–H groups in total. The molecule has 0 bridgehead atoms. The van der Waals surface area contributed by atoms with Crippen LogP contribution < -0.4 is 0 Å². The highest BCUT2D eigenvalue weighted by Gasteiger charge is 2.31. The molecule has 1 unspecified atom stereocenters. The van der Waals surface area contributed by atoms with Gasteiger partial charge in [-0.15, -0.1) is 5.10 Å². The summed E-state index contributed by atoms with van der Waals surface area (Å²) in [6.07, 6.45) is 10.5. The summed E-state index contributed by atoms with van der Waals surface area (Å²) >= 11 is 0. The Hall–Kier alpha value is -3.55. The Morgan fingerprint density at radius 2 is 2.07 bits per heavy atom. The fraction of sp³-hybridized carbons (Fsp3) is 0.318. The number of carbonyl (C=O) groups is 2. The second kappa shape index (κ2) is 8.86. The number of hydrogen-bond donors (Lipinski definition) is 0. The highest BCUT2D eigenvalue weighted by molar-refractivity contribution is 5.96. The van der Waals surface area contributed by atoms with Crippen LogP contribution in [-0.2, 0) is 13.6 Å². The zero-order valence-corrected chi connectivity index (χ0v) is 16.9. The van der Waals surface area contributed by atoms with Gasteiger partial charge in [-0.25, -0.2) is 9.67 Å². The SMILES string of the molecule is Cn1ccnc1C(=O)C1CCCN(C(=O)c2cn(C/C=C/c3ccccc3)nn2)C1. The molecule has 0 spiro atoms. The maximum atomic E-state index is 12.9. The second-order valence-corrected chi connectivity index (χ2v) is 7.46. The van der Waals surface area contributed by atoms with Crippen LogP contribution in [0.4, 0.5) is 0 Å². The van der Waals surface area contributed by atoms with E-state index in [9.17, 15) is 9.59 Å². The number of piperidine rings is 1. The Bertz CT molecular complexity index is 1050. The van der Waals surface area contributed by atoms with Gasteiger partial charge < -0.3 is 9.47 Å². The molecule has 3 heterocycles. The molecule has 1 saturated heterocycles. The number of imidazole rings is 1. The van der Waals surface area contributed by atoms with Crippen molar-refractivity contribution in [2.75, 3.05) is 13.1 Å². The van der Waals surface area contributed by atoms with Crippen LogP contribution in [0.2, 0.25) is 0 Å². The van der Waals surface area contributed by atoms with E-state index in [-0.39, 0.29) is 17.6 Å². The van der Waals surface area contributed by atoms with Gasteiger partial charge in [0.2, 0.25) is 5.78 Å². The lowest BCUT2D eigenvalue weighted by molar-refractivity contribution is 0.0628. The Morgan fingerprint density at radius 1 is 1.23 bits per heavy atom. The molecule has 1 aromatic carbocycles. The fourth-order valence-electron chi connectivity index (χ4n) is 3.67. The molecule has 1 amide bonds. The fourth-order valence-corrected chi connectivity index (χ4v) is 3.67. The Labute approximate surface area is 174 Å². The van der Waals surface area contributed by atoms with Crippen LogP contribution >= 0.6 is 0 Å². The lowest BCUT2D eigenvalue weighted by Crippen LogP contribution is -2.42. The summed E-state index contributed by atoms with van der Waals surface area (Å²) in [5.74, 6) is -0.0153. The lowest BCUT2D eigenvalue weighted by atomic mass is 9.93. The van der Waals surface area contributed by atoms with E-state index in [1.165, 1.54) is 0 Å². The Kier molecular flexibility index (Phi) is 5.83. The number of aromatic nitrogens is 5. The van der Waals surface area contributed by atoms with Crippen LogP contribution in [-0.4, -0.2) is 54.2 Å². The molecule has 0 radical (unpaired) electrons. The molecule has 1 aliphatic rings. The third kappa shape index (κ3) is 4.37. The van der Waals surface area contributed by atoms with Crippen LogP contribution in [0.5, 0.6) is 0 Å². The molecule has 3 aromatic rings. The molecular formula is C22H24N6O2. The first-order chi connectivity index (χ1) is 14.6. The van der Waals surface area contributed by atoms with Crippen molar-refractivity contribution in [3.05, 3.63) is 72.1 Å². The molecule has 1 aliphatic heterocycles. The standard InChI is InChI=1S/C22H24N6O2/c1-26-14-11-23-21(26)20(29)18-10-6-12-27(15-18)22(30)19-16-28(25-24-19)13-5-9-17-7-3-2-4-8-17/h2-5,7-9,11,14,16,18H,6,10,12-13,15H2,1H3/b9-5+. The van der Waals surface area contributed by atoms with Crippen molar-refractivity contribution >= 4 is 17.8 Å². The Balaban J connectivity index is 1.38. The highest BCUT2D eigenvalue weighted by Crippen LogP contribution is 2.21. The van der Waals surface area contributed by atoms with E-state index in [0.29, 0.717) is 31.2 Å². The van der Waals surface area contributed by atoms with Crippen LogP contribution in [0.15, 0.2) is 55.0 Å². The van der Waals surface area contributed by atoms with E-state index >= 15 is 0 Å². The number of benzene rings is 1. The summed E-state index contributed by atoms with van der Waals surface area (Å²) in [5, 5.41) is 8.09. The van der Waals surface area contributed by atoms with Gasteiger partial charge >= 0.3 is 0 Å². The molecule has 4 rings (SSSR count). The van der Waals surface area contributed by atoms with Gasteiger partial charge in [0.05, 0.1) is 12.7 Å². The molecule has 30 heavy (non-hydrogen) atoms. The smallest absolute Gasteiger partial charge is 0.276 e. The summed E-state index contributed by atoms with van der Waals surface area (Å²) in [4.78, 5) is 31.5. The predicted molar refractivity (Wildman–Crippen MR) is 112 cm³/mol. The average Bonchev–Trinajstić information content (AvgIpc) is 3.43. The molecule has 154 valence electrons. The third-order valence-electron chi connectivity index (χ3n) is 5.28. The minimum absolute atomic E-state index is 0.0188. The number of hydrogen-bond acceptors (Lipinski definition) is 5. The van der Waals surface area contributed by atoms with Gasteiger partial charge in [0.25, 0.3) is 5.91 Å². The van der Waals surface area contributed by atoms with Gasteiger partial charge in [0.15, 0.2) is 11.5 Å². The summed E-state index contributed by atoms with van der Waals surface area (Å²) in [5.41, 5.74) is 1.40. The van der Waals surface area contributed by atoms with Crippen LogP contribution in [0.1, 0.15) is 39.5 Å². The minimum Gasteiger partial charge on any atom is -0.336 e. The van der Waals surface area contributed by atoms with Crippen molar-refractivity contribution in [1.82, 2.24) is 29.4 Å². The van der Waals surface area contributed by atoms with Crippen LogP contribution in [0.25, 0.3) is 6.08 Å². The number of rotatable bonds is 6. The summed E-state index contributed by atoms with van der Waals surface area (Å²) in [7, 11) is 1.80. The summed E-state index contributed by atoms with van der Waals surface area (Å²) < 4.78 is 3.35. The molecule has 8 nitrogen and oxygen atoms in total. The molecule has 2 aromatic heterocycles. The maximum absolute atomic E-state index is 12.9. The van der Waals surface area contributed by atoms with E-state index in [4.69, 9.17) is 0 Å². The monoisotopic (exact) mass is 404 g/mol. The topological polar surface area (TPSA) is 85.9 Å². The number of aryl methyl sites for hydroxylation is 1. The Morgan fingerprint density at radius 3 is 2.83 bits per heavy atom. The zero-order valence-electron chi connectivity index (χ0n) is 16.9. The first-order valence-corrected chi connectivity index (χ1v) is 10.0. The van der Waals surface area contributed by atoms with Crippen molar-refractivity contribution in [3.63, 3.8) is 0 Å². The lowest BCUT2D eigenvalue weighted by Gasteiger charge is -2.31. The van der Waals surface area contributed by atoms with E-state index < -0.39 is 0 Å². The largest absolute Gasteiger partial charge is 0.336 e. The number of nitrogens with zero attached hydrogens (tertiary/aromatic N) is 6. The molecule has 8 heteroatoms. The molecule has 1 atom stereocenters. The van der Waals surface area contributed by atoms with Crippen LogP contribution in [0, 0.1) is 5.92 Å². The van der Waals surface area contributed by atoms with E-state index in [0.717, 1.165) is 18.4 Å². The van der Waals surface area contributed by atoms with Crippen molar-refractivity contribution in [3.8, 4) is 0 Å². The van der Waals surface area contributed by atoms with E-state index in [1.807, 2.05) is 42.5 Å². The van der Waals surface area contributed by atoms with Crippen molar-refractivity contribution < 1.29 is 9.59 Å². The normalized spacial score (nSPS) is 16.8. The molecule has 0 saturated carbocycles. The van der Waals surface area contributed by atoms with Crippen molar-refractivity contribution in [2.24, 2.45) is 13.0 Å². The molecule has 0 aliphatic carbocycles. The van der Waals surface area contributed by atoms with E-state index in [2.05, 4.69) is 15.3 Å². The zero-order chi connectivity index (χ0) is 20.9. The highest BCUT2D eigenvalue weighted by atomic mass is 16.2. The van der Waals surface area contributed by atoms with Crippen LogP contribution in [0.3, 0.4) is 0 Å². The number of Topliss-reactive ketones (excluding diaryl/α,β-unsaturated/α-hetero) is 1. The first kappa shape index (κ1) is 19.8. The van der Waals surface area contributed by atoms with Crippen molar-refractivity contribution in [2.45, 2.75) is 19.4 Å². The number of likely N-dealkylation sites (tertiary alicyclic amines) is 1. The van der Waals surface area contributed by atoms with E-state index in [1.54, 1.807) is 39.8 Å². The number of carbonyl (C=O) groups excluding carboxylic acids is 2. The first-order valence-electron chi connectivity index (χ1n) is 10.0. The summed E-state index contributed by atoms with van der Waals surface area (Å²) in [6, 6.07) is 9.98. The summed E-state index contributed by atoms with van der Waals surface area (Å²) in [6.45, 7) is 1.52. The molecular weight excluding hydrogens is 380 g/mol. The second-order valence-electron chi connectivity index (χ2n) is 7.46. The van der Waals surface area contributed by atoms with Gasteiger partial charge in [0.1, 0.15) is 0 Å². The predicted octanol–water partition coefficient (Wildman–Crippen LogP) is 2.46. The van der Waals surface area contributed by atoms with Gasteiger partial charge in [-0.2, -0.15) is 0 Å². The quantitative estimate of drug-likeness (QED) is 0.589. The van der Waals surface area contributed by atoms with Gasteiger partial charge in [-0.05, 0) is 18.4 Å². The number of amides is 1. The number of ketones is 1. The average molecular weight is 404 g/mol. The third-order valence-corrected chi connectivity index (χ3v) is 5.28. The number of allylic oxidation sites excluding steroid dienone is 1. The maximum Gasteiger partial charge on any atom is 0.276 e. The molecule has 1 fully saturated rings. The van der Waals surface area contributed by atoms with Gasteiger partial charge in [0, 0.05) is 38.4 Å². The minimum atomic E-state index is -0.243. The van der Waals surface area contributed by atoms with Gasteiger partial charge in [-0.3, -0.25) is 9.59 Å². The van der Waals surface area contributed by atoms with Gasteiger partial charge in [-0.1, -0.05) is 47.7 Å². The van der Waals surface area contributed by atoms with Crippen molar-refractivity contribution in [1.29, 1.82) is 0 Å².